The zero-order valence-corrected chi connectivity index (χ0v) is 18.4. The van der Waals surface area contributed by atoms with Gasteiger partial charge in [0.15, 0.2) is 5.69 Å². The molecule has 2 aliphatic rings. The summed E-state index contributed by atoms with van der Waals surface area (Å²) < 4.78 is 7.16. The third kappa shape index (κ3) is 4.21. The quantitative estimate of drug-likeness (QED) is 0.604. The van der Waals surface area contributed by atoms with Crippen LogP contribution in [-0.4, -0.2) is 57.6 Å². The molecular formula is C25H26N4O4. The highest BCUT2D eigenvalue weighted by Crippen LogP contribution is 2.44. The molecule has 8 heteroatoms. The fourth-order valence-electron chi connectivity index (χ4n) is 4.98. The van der Waals surface area contributed by atoms with Gasteiger partial charge in [0.05, 0.1) is 0 Å². The summed E-state index contributed by atoms with van der Waals surface area (Å²) in [5, 5.41) is 16.3. The van der Waals surface area contributed by atoms with Gasteiger partial charge in [-0.15, -0.1) is 0 Å². The van der Waals surface area contributed by atoms with Crippen LogP contribution in [0.3, 0.4) is 0 Å². The molecule has 0 saturated carbocycles. The maximum absolute atomic E-state index is 12.5. The van der Waals surface area contributed by atoms with Crippen molar-refractivity contribution in [3.8, 4) is 11.1 Å². The molecule has 33 heavy (non-hydrogen) atoms. The van der Waals surface area contributed by atoms with E-state index in [1.165, 1.54) is 26.9 Å². The number of carbonyl (C=O) groups is 2. The molecule has 5 rings (SSSR count). The number of benzene rings is 2. The SMILES string of the molecule is Cn1cc(CN2CCC(NC(=O)OCC3c4ccccc4-c4ccccc43)C2)c(C(=O)O)n1. The van der Waals surface area contributed by atoms with E-state index in [1.54, 1.807) is 13.2 Å². The maximum Gasteiger partial charge on any atom is 0.407 e. The summed E-state index contributed by atoms with van der Waals surface area (Å²) in [5.41, 5.74) is 5.51. The van der Waals surface area contributed by atoms with Crippen molar-refractivity contribution in [3.63, 3.8) is 0 Å². The number of aromatic nitrogens is 2. The van der Waals surface area contributed by atoms with E-state index in [-0.39, 0.29) is 24.3 Å². The van der Waals surface area contributed by atoms with Crippen LogP contribution in [0.15, 0.2) is 54.7 Å². The Balaban J connectivity index is 1.16. The van der Waals surface area contributed by atoms with Crippen molar-refractivity contribution < 1.29 is 19.4 Å². The van der Waals surface area contributed by atoms with E-state index >= 15 is 0 Å². The zero-order valence-electron chi connectivity index (χ0n) is 18.4. The van der Waals surface area contributed by atoms with Gasteiger partial charge in [-0.05, 0) is 28.7 Å². The van der Waals surface area contributed by atoms with Crippen LogP contribution >= 0.6 is 0 Å². The molecule has 0 radical (unpaired) electrons. The first-order chi connectivity index (χ1) is 16.0. The molecule has 1 aliphatic heterocycles. The Morgan fingerprint density at radius 2 is 1.79 bits per heavy atom. The van der Waals surface area contributed by atoms with Crippen molar-refractivity contribution >= 4 is 12.1 Å². The predicted octanol–water partition coefficient (Wildman–Crippen LogP) is 3.23. The monoisotopic (exact) mass is 446 g/mol. The Hall–Kier alpha value is -3.65. The summed E-state index contributed by atoms with van der Waals surface area (Å²) in [6.45, 7) is 2.17. The van der Waals surface area contributed by atoms with Gasteiger partial charge in [0.1, 0.15) is 6.61 Å². The first-order valence-electron chi connectivity index (χ1n) is 11.1. The Kier molecular flexibility index (Phi) is 5.60. The fraction of sp³-hybridized carbons (Fsp3) is 0.320. The lowest BCUT2D eigenvalue weighted by Gasteiger charge is -2.18. The highest BCUT2D eigenvalue weighted by Gasteiger charge is 2.30. The Labute approximate surface area is 191 Å². The normalized spacial score (nSPS) is 17.5. The molecule has 2 N–H and O–H groups in total. The summed E-state index contributed by atoms with van der Waals surface area (Å²) in [5.74, 6) is -0.999. The molecule has 1 atom stereocenters. The molecule has 2 aromatic carbocycles. The predicted molar refractivity (Wildman–Crippen MR) is 122 cm³/mol. The number of carboxylic acid groups (broad SMARTS) is 1. The van der Waals surface area contributed by atoms with Gasteiger partial charge in [0.25, 0.3) is 0 Å². The smallest absolute Gasteiger partial charge is 0.407 e. The van der Waals surface area contributed by atoms with Crippen molar-refractivity contribution in [3.05, 3.63) is 77.1 Å². The second-order valence-corrected chi connectivity index (χ2v) is 8.67. The number of carbonyl (C=O) groups excluding carboxylic acids is 1. The second-order valence-electron chi connectivity index (χ2n) is 8.67. The number of alkyl carbamates (subject to hydrolysis) is 1. The fourth-order valence-corrected chi connectivity index (χ4v) is 4.98. The van der Waals surface area contributed by atoms with Crippen molar-refractivity contribution in [2.24, 2.45) is 7.05 Å². The summed E-state index contributed by atoms with van der Waals surface area (Å²) in [7, 11) is 1.71. The largest absolute Gasteiger partial charge is 0.476 e. The highest BCUT2D eigenvalue weighted by molar-refractivity contribution is 5.87. The molecule has 170 valence electrons. The van der Waals surface area contributed by atoms with Crippen LogP contribution in [0.1, 0.15) is 39.5 Å². The van der Waals surface area contributed by atoms with E-state index in [1.807, 2.05) is 24.3 Å². The molecule has 2 heterocycles. The standard InChI is InChI=1S/C25H26N4O4/c1-28-12-16(23(27-28)24(30)31)13-29-11-10-17(14-29)26-25(32)33-15-22-20-8-4-2-6-18(20)19-7-3-5-9-21(19)22/h2-9,12,17,22H,10-11,13-15H2,1H3,(H,26,32)(H,30,31). The Morgan fingerprint density at radius 1 is 1.12 bits per heavy atom. The number of likely N-dealkylation sites (tertiary alicyclic amines) is 1. The van der Waals surface area contributed by atoms with Crippen LogP contribution in [0.5, 0.6) is 0 Å². The van der Waals surface area contributed by atoms with E-state index in [0.29, 0.717) is 18.7 Å². The van der Waals surface area contributed by atoms with Crippen LogP contribution in [0, 0.1) is 0 Å². The van der Waals surface area contributed by atoms with Crippen molar-refractivity contribution in [2.45, 2.75) is 24.9 Å². The molecule has 8 nitrogen and oxygen atoms in total. The molecule has 1 aliphatic carbocycles. The van der Waals surface area contributed by atoms with E-state index < -0.39 is 12.1 Å². The first-order valence-corrected chi connectivity index (χ1v) is 11.1. The molecule has 0 bridgehead atoms. The van der Waals surface area contributed by atoms with Crippen LogP contribution in [0.4, 0.5) is 4.79 Å². The molecule has 1 fully saturated rings. The second kappa shape index (κ2) is 8.71. The number of amides is 1. The van der Waals surface area contributed by atoms with Crippen molar-refractivity contribution in [2.75, 3.05) is 19.7 Å². The number of carboxylic acids is 1. The molecule has 0 spiro atoms. The van der Waals surface area contributed by atoms with Gasteiger partial charge in [0, 0.05) is 50.4 Å². The number of aryl methyl sites for hydroxylation is 1. The first kappa shape index (κ1) is 21.2. The third-order valence-corrected chi connectivity index (χ3v) is 6.44. The third-order valence-electron chi connectivity index (χ3n) is 6.44. The van der Waals surface area contributed by atoms with Gasteiger partial charge in [-0.2, -0.15) is 5.10 Å². The molecule has 1 unspecified atom stereocenters. The number of nitrogens with zero attached hydrogens (tertiary/aromatic N) is 3. The minimum absolute atomic E-state index is 0.0308. The number of hydrogen-bond donors (Lipinski definition) is 2. The number of rotatable bonds is 6. The average Bonchev–Trinajstić information content (AvgIpc) is 3.48. The minimum Gasteiger partial charge on any atom is -0.476 e. The summed E-state index contributed by atoms with van der Waals surface area (Å²) in [6, 6.07) is 16.5. The van der Waals surface area contributed by atoms with Crippen molar-refractivity contribution in [1.82, 2.24) is 20.0 Å². The molecular weight excluding hydrogens is 420 g/mol. The number of hydrogen-bond acceptors (Lipinski definition) is 5. The van der Waals surface area contributed by atoms with Crippen LogP contribution < -0.4 is 5.32 Å². The van der Waals surface area contributed by atoms with Crippen LogP contribution in [0.2, 0.25) is 0 Å². The van der Waals surface area contributed by atoms with Gasteiger partial charge in [-0.25, -0.2) is 9.59 Å². The number of ether oxygens (including phenoxy) is 1. The number of fused-ring (bicyclic) bond motifs is 3. The lowest BCUT2D eigenvalue weighted by atomic mass is 9.98. The van der Waals surface area contributed by atoms with E-state index in [9.17, 15) is 14.7 Å². The van der Waals surface area contributed by atoms with Crippen LogP contribution in [-0.2, 0) is 18.3 Å². The van der Waals surface area contributed by atoms with Crippen LogP contribution in [0.25, 0.3) is 11.1 Å². The zero-order chi connectivity index (χ0) is 22.9. The molecule has 1 aromatic heterocycles. The summed E-state index contributed by atoms with van der Waals surface area (Å²) >= 11 is 0. The van der Waals surface area contributed by atoms with Gasteiger partial charge in [-0.1, -0.05) is 48.5 Å². The van der Waals surface area contributed by atoms with E-state index in [0.717, 1.165) is 13.0 Å². The van der Waals surface area contributed by atoms with Crippen molar-refractivity contribution in [1.29, 1.82) is 0 Å². The Bertz CT molecular complexity index is 1160. The van der Waals surface area contributed by atoms with E-state index in [2.05, 4.69) is 39.6 Å². The van der Waals surface area contributed by atoms with Gasteiger partial charge in [-0.3, -0.25) is 9.58 Å². The Morgan fingerprint density at radius 3 is 2.45 bits per heavy atom. The van der Waals surface area contributed by atoms with Gasteiger partial charge in [0.2, 0.25) is 0 Å². The molecule has 1 amide bonds. The number of nitrogens with one attached hydrogen (secondary N) is 1. The average molecular weight is 447 g/mol. The molecule has 3 aromatic rings. The molecule has 1 saturated heterocycles. The maximum atomic E-state index is 12.5. The van der Waals surface area contributed by atoms with E-state index in [4.69, 9.17) is 4.74 Å². The minimum atomic E-state index is -1.03. The highest BCUT2D eigenvalue weighted by atomic mass is 16.5. The summed E-state index contributed by atoms with van der Waals surface area (Å²) in [6.07, 6.45) is 2.10. The van der Waals surface area contributed by atoms with Gasteiger partial charge >= 0.3 is 12.1 Å². The lowest BCUT2D eigenvalue weighted by molar-refractivity contribution is 0.0687. The summed E-state index contributed by atoms with van der Waals surface area (Å²) in [4.78, 5) is 26.1. The number of aromatic carboxylic acids is 1. The lowest BCUT2D eigenvalue weighted by Crippen LogP contribution is -2.37. The van der Waals surface area contributed by atoms with Gasteiger partial charge < -0.3 is 15.2 Å². The topological polar surface area (TPSA) is 96.7 Å².